The van der Waals surface area contributed by atoms with Crippen LogP contribution in [-0.4, -0.2) is 60.6 Å². The molecule has 188 valence electrons. The lowest BCUT2D eigenvalue weighted by Crippen LogP contribution is -2.44. The number of fused-ring (bicyclic) bond motifs is 1. The third-order valence-corrected chi connectivity index (χ3v) is 6.04. The summed E-state index contributed by atoms with van der Waals surface area (Å²) in [6, 6.07) is 8.40. The van der Waals surface area contributed by atoms with E-state index in [2.05, 4.69) is 43.1 Å². The predicted molar refractivity (Wildman–Crippen MR) is 142 cm³/mol. The zero-order valence-corrected chi connectivity index (χ0v) is 22.8. The Balaban J connectivity index is 0.00000265. The number of methoxy groups -OCH3 is 1. The van der Waals surface area contributed by atoms with Gasteiger partial charge in [-0.2, -0.15) is 0 Å². The fourth-order valence-electron chi connectivity index (χ4n) is 3.91. The summed E-state index contributed by atoms with van der Waals surface area (Å²) in [5.41, 5.74) is 1.74. The molecule has 0 saturated carbocycles. The summed E-state index contributed by atoms with van der Waals surface area (Å²) in [4.78, 5) is 15.7. The van der Waals surface area contributed by atoms with Crippen LogP contribution in [0.15, 0.2) is 24.3 Å². The van der Waals surface area contributed by atoms with Crippen LogP contribution in [0.2, 0.25) is 0 Å². The van der Waals surface area contributed by atoms with Gasteiger partial charge in [0.15, 0.2) is 0 Å². The van der Waals surface area contributed by atoms with E-state index in [4.69, 9.17) is 9.47 Å². The Kier molecular flexibility index (Phi) is 14.2. The highest BCUT2D eigenvalue weighted by atomic mass is 32.2. The number of hydrogen-bond acceptors (Lipinski definition) is 5. The third kappa shape index (κ3) is 8.23. The molecule has 7 heteroatoms. The number of aromatic nitrogens is 1. The highest BCUT2D eigenvalue weighted by Crippen LogP contribution is 2.31. The van der Waals surface area contributed by atoms with Crippen molar-refractivity contribution >= 4 is 28.8 Å². The minimum atomic E-state index is 0.0855. The number of hydrogen-bond donors (Lipinski definition) is 1. The average Bonchev–Trinajstić information content (AvgIpc) is 3.20. The fraction of sp³-hybridized carbons (Fsp3) is 0.654. The number of rotatable bonds is 14. The maximum Gasteiger partial charge on any atom is 0.270 e. The normalized spacial score (nSPS) is 11.9. The second-order valence-corrected chi connectivity index (χ2v) is 8.78. The Morgan fingerprint density at radius 1 is 1.18 bits per heavy atom. The Morgan fingerprint density at radius 3 is 2.52 bits per heavy atom. The third-order valence-electron chi connectivity index (χ3n) is 5.55. The molecule has 0 spiro atoms. The van der Waals surface area contributed by atoms with Crippen molar-refractivity contribution in [1.82, 2.24) is 14.2 Å². The van der Waals surface area contributed by atoms with Gasteiger partial charge >= 0.3 is 0 Å². The molecule has 0 aliphatic heterocycles. The molecular weight excluding hydrogens is 434 g/mol. The quantitative estimate of drug-likeness (QED) is 0.266. The Morgan fingerprint density at radius 2 is 1.91 bits per heavy atom. The standard InChI is InChI=1S/C24H39N3O3S.C2H6/c1-7-19(4)27(18(2)3)24(28)21-17-20-11-10-12-22(30-16-13-25-31-6)23(20)26(21)14-8-9-15-29-5;1-2/h10-12,17-19,25H,7-9,13-16H2,1-6H3;1-2H3/t19-;/m1./s1. The molecule has 1 amide bonds. The Hall–Kier alpha value is -1.70. The maximum atomic E-state index is 13.7. The minimum Gasteiger partial charge on any atom is -0.490 e. The average molecular weight is 480 g/mol. The fourth-order valence-corrected chi connectivity index (χ4v) is 4.20. The van der Waals surface area contributed by atoms with Crippen LogP contribution >= 0.6 is 11.9 Å². The number of para-hydroxylation sites is 1. The monoisotopic (exact) mass is 479 g/mol. The first-order valence-electron chi connectivity index (χ1n) is 12.3. The lowest BCUT2D eigenvalue weighted by atomic mass is 10.1. The van der Waals surface area contributed by atoms with Gasteiger partial charge in [-0.1, -0.05) is 44.9 Å². The SMILES string of the molecule is CC.CC[C@@H](C)N(C(=O)c1cc2cccc(OCCNSC)c2n1CCCCOC)C(C)C. The lowest BCUT2D eigenvalue weighted by Gasteiger charge is -2.32. The minimum absolute atomic E-state index is 0.0855. The van der Waals surface area contributed by atoms with Crippen LogP contribution in [0.3, 0.4) is 0 Å². The van der Waals surface area contributed by atoms with E-state index < -0.39 is 0 Å². The molecule has 1 heterocycles. The van der Waals surface area contributed by atoms with E-state index in [1.54, 1.807) is 19.1 Å². The van der Waals surface area contributed by atoms with Gasteiger partial charge < -0.3 is 18.9 Å². The van der Waals surface area contributed by atoms with Crippen molar-refractivity contribution in [2.75, 3.05) is 33.1 Å². The maximum absolute atomic E-state index is 13.7. The molecular formula is C26H45N3O3S. The van der Waals surface area contributed by atoms with Gasteiger partial charge in [-0.05, 0) is 58.4 Å². The first-order valence-corrected chi connectivity index (χ1v) is 13.5. The lowest BCUT2D eigenvalue weighted by molar-refractivity contribution is 0.0610. The summed E-state index contributed by atoms with van der Waals surface area (Å²) in [5, 5.41) is 1.04. The number of aryl methyl sites for hydroxylation is 1. The molecule has 0 bridgehead atoms. The molecule has 0 aliphatic rings. The number of unbranched alkanes of at least 4 members (excludes halogenated alkanes) is 1. The molecule has 33 heavy (non-hydrogen) atoms. The van der Waals surface area contributed by atoms with Crippen LogP contribution in [0, 0.1) is 0 Å². The van der Waals surface area contributed by atoms with E-state index in [0.29, 0.717) is 6.61 Å². The van der Waals surface area contributed by atoms with Crippen molar-refractivity contribution in [2.24, 2.45) is 0 Å². The number of carbonyl (C=O) groups excluding carboxylic acids is 1. The van der Waals surface area contributed by atoms with Crippen molar-refractivity contribution < 1.29 is 14.3 Å². The summed E-state index contributed by atoms with van der Waals surface area (Å²) in [6.07, 6.45) is 4.81. The van der Waals surface area contributed by atoms with E-state index in [9.17, 15) is 4.79 Å². The molecule has 1 aromatic heterocycles. The highest BCUT2D eigenvalue weighted by molar-refractivity contribution is 7.96. The van der Waals surface area contributed by atoms with E-state index >= 15 is 0 Å². The van der Waals surface area contributed by atoms with Crippen LogP contribution in [0.4, 0.5) is 0 Å². The molecule has 1 N–H and O–H groups in total. The van der Waals surface area contributed by atoms with Crippen LogP contribution in [0.1, 0.15) is 71.3 Å². The van der Waals surface area contributed by atoms with Gasteiger partial charge in [-0.15, -0.1) is 0 Å². The van der Waals surface area contributed by atoms with Crippen LogP contribution in [-0.2, 0) is 11.3 Å². The van der Waals surface area contributed by atoms with Crippen molar-refractivity contribution in [3.63, 3.8) is 0 Å². The van der Waals surface area contributed by atoms with Crippen molar-refractivity contribution in [3.05, 3.63) is 30.0 Å². The van der Waals surface area contributed by atoms with E-state index in [-0.39, 0.29) is 18.0 Å². The molecule has 0 unspecified atom stereocenters. The molecule has 0 aliphatic carbocycles. The first-order chi connectivity index (χ1) is 16.0. The summed E-state index contributed by atoms with van der Waals surface area (Å²) >= 11 is 1.58. The molecule has 0 fully saturated rings. The smallest absolute Gasteiger partial charge is 0.270 e. The summed E-state index contributed by atoms with van der Waals surface area (Å²) in [5.74, 6) is 0.910. The number of ether oxygens (including phenoxy) is 2. The van der Waals surface area contributed by atoms with Crippen LogP contribution in [0.5, 0.6) is 5.75 Å². The summed E-state index contributed by atoms with van der Waals surface area (Å²) in [6.45, 7) is 15.2. The van der Waals surface area contributed by atoms with Gasteiger partial charge in [0.1, 0.15) is 18.1 Å². The van der Waals surface area contributed by atoms with E-state index in [0.717, 1.165) is 61.3 Å². The van der Waals surface area contributed by atoms with Gasteiger partial charge in [0.25, 0.3) is 5.91 Å². The summed E-state index contributed by atoms with van der Waals surface area (Å²) in [7, 11) is 1.72. The van der Waals surface area contributed by atoms with Gasteiger partial charge in [0.2, 0.25) is 0 Å². The van der Waals surface area contributed by atoms with Crippen LogP contribution < -0.4 is 9.46 Å². The molecule has 2 rings (SSSR count). The molecule has 0 radical (unpaired) electrons. The predicted octanol–water partition coefficient (Wildman–Crippen LogP) is 5.99. The van der Waals surface area contributed by atoms with Gasteiger partial charge in [-0.25, -0.2) is 0 Å². The van der Waals surface area contributed by atoms with Gasteiger partial charge in [-0.3, -0.25) is 9.52 Å². The molecule has 2 aromatic rings. The summed E-state index contributed by atoms with van der Waals surface area (Å²) < 4.78 is 16.7. The first kappa shape index (κ1) is 29.3. The van der Waals surface area contributed by atoms with E-state index in [1.165, 1.54) is 0 Å². The van der Waals surface area contributed by atoms with Crippen molar-refractivity contribution in [1.29, 1.82) is 0 Å². The number of carbonyl (C=O) groups is 1. The van der Waals surface area contributed by atoms with Crippen molar-refractivity contribution in [2.45, 2.75) is 79.4 Å². The number of nitrogens with one attached hydrogen (secondary N) is 1. The van der Waals surface area contributed by atoms with Gasteiger partial charge in [0.05, 0.1) is 5.52 Å². The van der Waals surface area contributed by atoms with Gasteiger partial charge in [0, 0.05) is 44.3 Å². The highest BCUT2D eigenvalue weighted by Gasteiger charge is 2.27. The molecule has 1 aromatic carbocycles. The van der Waals surface area contributed by atoms with Crippen LogP contribution in [0.25, 0.3) is 10.9 Å². The zero-order chi connectivity index (χ0) is 24.8. The number of amides is 1. The molecule has 0 saturated heterocycles. The molecule has 6 nitrogen and oxygen atoms in total. The van der Waals surface area contributed by atoms with Crippen molar-refractivity contribution in [3.8, 4) is 5.75 Å². The number of nitrogens with zero attached hydrogens (tertiary/aromatic N) is 2. The topological polar surface area (TPSA) is 55.7 Å². The second-order valence-electron chi connectivity index (χ2n) is 8.09. The molecule has 1 atom stereocenters. The number of benzene rings is 1. The van der Waals surface area contributed by atoms with E-state index in [1.807, 2.05) is 43.2 Å². The largest absolute Gasteiger partial charge is 0.490 e. The zero-order valence-electron chi connectivity index (χ0n) is 21.9. The Labute approximate surface area is 205 Å². The second kappa shape index (κ2) is 16.0. The Bertz CT molecular complexity index is 822.